The molecule has 100 valence electrons. The van der Waals surface area contributed by atoms with E-state index in [-0.39, 0.29) is 0 Å². The Hall–Kier alpha value is -2.87. The number of benzene rings is 1. The van der Waals surface area contributed by atoms with E-state index >= 15 is 0 Å². The van der Waals surface area contributed by atoms with Crippen molar-refractivity contribution < 1.29 is 4.79 Å². The number of aryl methyl sites for hydroxylation is 2. The molecule has 0 aliphatic rings. The number of nitrogens with zero attached hydrogens (tertiary/aromatic N) is 2. The highest BCUT2D eigenvalue weighted by Gasteiger charge is 2.08. The van der Waals surface area contributed by atoms with Crippen molar-refractivity contribution in [1.29, 1.82) is 5.26 Å². The lowest BCUT2D eigenvalue weighted by atomic mass is 10.1. The molecule has 20 heavy (non-hydrogen) atoms. The van der Waals surface area contributed by atoms with E-state index in [9.17, 15) is 10.1 Å². The molecule has 1 heterocycles. The number of carbonyl (C=O) groups excluding carboxylic acids is 1. The maximum Gasteiger partial charge on any atom is 0.248 e. The van der Waals surface area contributed by atoms with Gasteiger partial charge in [0.2, 0.25) is 5.91 Å². The van der Waals surface area contributed by atoms with Crippen LogP contribution in [0.25, 0.3) is 0 Å². The van der Waals surface area contributed by atoms with E-state index in [4.69, 9.17) is 5.73 Å². The van der Waals surface area contributed by atoms with Gasteiger partial charge in [0.25, 0.3) is 0 Å². The summed E-state index contributed by atoms with van der Waals surface area (Å²) in [6, 6.07) is 10.7. The second-order valence-corrected chi connectivity index (χ2v) is 4.45. The Kier molecular flexibility index (Phi) is 3.67. The number of nitrogens with one attached hydrogen (secondary N) is 1. The number of hydrogen-bond acceptors (Lipinski definition) is 4. The first-order valence-electron chi connectivity index (χ1n) is 6.06. The van der Waals surface area contributed by atoms with Gasteiger partial charge in [0.15, 0.2) is 0 Å². The van der Waals surface area contributed by atoms with E-state index in [1.54, 1.807) is 31.2 Å². The fourth-order valence-corrected chi connectivity index (χ4v) is 1.94. The molecule has 1 aromatic heterocycles. The zero-order valence-corrected chi connectivity index (χ0v) is 11.3. The quantitative estimate of drug-likeness (QED) is 0.892. The Morgan fingerprint density at radius 3 is 2.50 bits per heavy atom. The number of nitriles is 1. The van der Waals surface area contributed by atoms with Crippen LogP contribution < -0.4 is 11.1 Å². The molecule has 3 N–H and O–H groups in total. The van der Waals surface area contributed by atoms with Crippen molar-refractivity contribution in [3.63, 3.8) is 0 Å². The summed E-state index contributed by atoms with van der Waals surface area (Å²) in [4.78, 5) is 15.3. The van der Waals surface area contributed by atoms with Gasteiger partial charge in [0.1, 0.15) is 6.07 Å². The first kappa shape index (κ1) is 13.6. The van der Waals surface area contributed by atoms with Crippen LogP contribution in [0.2, 0.25) is 0 Å². The molecular weight excluding hydrogens is 252 g/mol. The number of pyridine rings is 1. The van der Waals surface area contributed by atoms with Gasteiger partial charge in [-0.2, -0.15) is 5.26 Å². The van der Waals surface area contributed by atoms with Gasteiger partial charge in [-0.25, -0.2) is 0 Å². The predicted octanol–water partition coefficient (Wildman–Crippen LogP) is 2.41. The number of anilines is 2. The van der Waals surface area contributed by atoms with E-state index < -0.39 is 5.91 Å². The molecule has 1 amide bonds. The highest BCUT2D eigenvalue weighted by molar-refractivity contribution is 5.93. The van der Waals surface area contributed by atoms with Crippen LogP contribution in [0.15, 0.2) is 30.3 Å². The van der Waals surface area contributed by atoms with Crippen LogP contribution in [-0.4, -0.2) is 10.9 Å². The summed E-state index contributed by atoms with van der Waals surface area (Å²) in [6.45, 7) is 3.67. The second kappa shape index (κ2) is 5.41. The maximum atomic E-state index is 11.0. The van der Waals surface area contributed by atoms with E-state index in [1.807, 2.05) is 13.0 Å². The van der Waals surface area contributed by atoms with Crippen molar-refractivity contribution in [2.24, 2.45) is 5.73 Å². The summed E-state index contributed by atoms with van der Waals surface area (Å²) < 4.78 is 0. The zero-order chi connectivity index (χ0) is 14.7. The molecule has 0 saturated carbocycles. The van der Waals surface area contributed by atoms with Gasteiger partial charge in [0, 0.05) is 16.9 Å². The van der Waals surface area contributed by atoms with E-state index in [1.165, 1.54) is 0 Å². The third-order valence-corrected chi connectivity index (χ3v) is 2.89. The summed E-state index contributed by atoms with van der Waals surface area (Å²) in [7, 11) is 0. The van der Waals surface area contributed by atoms with E-state index in [2.05, 4.69) is 16.4 Å². The van der Waals surface area contributed by atoms with E-state index in [0.717, 1.165) is 11.4 Å². The van der Waals surface area contributed by atoms with Crippen LogP contribution in [0.5, 0.6) is 0 Å². The topological polar surface area (TPSA) is 91.8 Å². The van der Waals surface area contributed by atoms with Gasteiger partial charge < -0.3 is 11.1 Å². The number of rotatable bonds is 3. The minimum atomic E-state index is -0.468. The molecule has 5 heteroatoms. The summed E-state index contributed by atoms with van der Waals surface area (Å²) in [6.07, 6.45) is 0. The first-order chi connectivity index (χ1) is 9.51. The normalized spacial score (nSPS) is 9.85. The van der Waals surface area contributed by atoms with Crippen molar-refractivity contribution in [3.8, 4) is 6.07 Å². The number of nitrogens with two attached hydrogens (primary N) is 1. The molecule has 0 radical (unpaired) electrons. The van der Waals surface area contributed by atoms with Gasteiger partial charge in [-0.1, -0.05) is 0 Å². The van der Waals surface area contributed by atoms with Crippen LogP contribution in [0.4, 0.5) is 11.4 Å². The van der Waals surface area contributed by atoms with Crippen molar-refractivity contribution in [2.75, 3.05) is 5.32 Å². The lowest BCUT2D eigenvalue weighted by Gasteiger charge is -2.11. The van der Waals surface area contributed by atoms with Gasteiger partial charge in [-0.15, -0.1) is 0 Å². The minimum absolute atomic E-state index is 0.443. The molecule has 0 bridgehead atoms. The van der Waals surface area contributed by atoms with Crippen LogP contribution in [-0.2, 0) is 0 Å². The standard InChI is InChI=1S/C15H14N4O/c1-9-7-14(13(8-16)10(2)18-9)19-12-5-3-11(4-6-12)15(17)20/h3-7H,1-2H3,(H2,17,20)(H,18,19). The molecule has 0 unspecified atom stereocenters. The summed E-state index contributed by atoms with van der Waals surface area (Å²) in [5, 5.41) is 12.4. The second-order valence-electron chi connectivity index (χ2n) is 4.45. The van der Waals surface area contributed by atoms with Crippen LogP contribution in [0, 0.1) is 25.2 Å². The Labute approximate surface area is 117 Å². The highest BCUT2D eigenvalue weighted by Crippen LogP contribution is 2.23. The molecule has 0 fully saturated rings. The molecule has 0 atom stereocenters. The number of hydrogen-bond donors (Lipinski definition) is 2. The van der Waals surface area contributed by atoms with Gasteiger partial charge in [-0.3, -0.25) is 9.78 Å². The Bertz CT molecular complexity index is 699. The summed E-state index contributed by atoms with van der Waals surface area (Å²) in [5.74, 6) is -0.468. The fourth-order valence-electron chi connectivity index (χ4n) is 1.94. The summed E-state index contributed by atoms with van der Waals surface area (Å²) in [5.41, 5.74) is 9.13. The Morgan fingerprint density at radius 1 is 1.30 bits per heavy atom. The SMILES string of the molecule is Cc1cc(Nc2ccc(C(N)=O)cc2)c(C#N)c(C)n1. The average Bonchev–Trinajstić information content (AvgIpc) is 2.39. The number of amides is 1. The average molecular weight is 266 g/mol. The molecule has 2 rings (SSSR count). The number of primary amides is 1. The molecule has 0 spiro atoms. The molecule has 5 nitrogen and oxygen atoms in total. The molecule has 0 aliphatic carbocycles. The summed E-state index contributed by atoms with van der Waals surface area (Å²) >= 11 is 0. The maximum absolute atomic E-state index is 11.0. The van der Waals surface area contributed by atoms with Gasteiger partial charge in [0.05, 0.1) is 16.9 Å². The van der Waals surface area contributed by atoms with Crippen molar-refractivity contribution in [3.05, 3.63) is 52.8 Å². The monoisotopic (exact) mass is 266 g/mol. The molecule has 1 aromatic carbocycles. The number of aromatic nitrogens is 1. The van der Waals surface area contributed by atoms with Gasteiger partial charge in [-0.05, 0) is 44.2 Å². The van der Waals surface area contributed by atoms with Crippen LogP contribution >= 0.6 is 0 Å². The molecule has 2 aromatic rings. The van der Waals surface area contributed by atoms with Crippen LogP contribution in [0.3, 0.4) is 0 Å². The largest absolute Gasteiger partial charge is 0.366 e. The van der Waals surface area contributed by atoms with Gasteiger partial charge >= 0.3 is 0 Å². The fraction of sp³-hybridized carbons (Fsp3) is 0.133. The predicted molar refractivity (Wildman–Crippen MR) is 76.7 cm³/mol. The van der Waals surface area contributed by atoms with E-state index in [0.29, 0.717) is 22.5 Å². The molecular formula is C15H14N4O. The third-order valence-electron chi connectivity index (χ3n) is 2.89. The highest BCUT2D eigenvalue weighted by atomic mass is 16.1. The Morgan fingerprint density at radius 2 is 1.95 bits per heavy atom. The van der Waals surface area contributed by atoms with Crippen molar-refractivity contribution in [2.45, 2.75) is 13.8 Å². The lowest BCUT2D eigenvalue weighted by molar-refractivity contribution is 0.100. The van der Waals surface area contributed by atoms with Crippen molar-refractivity contribution in [1.82, 2.24) is 4.98 Å². The van der Waals surface area contributed by atoms with Crippen molar-refractivity contribution >= 4 is 17.3 Å². The number of carbonyl (C=O) groups is 1. The third kappa shape index (κ3) is 2.75. The van der Waals surface area contributed by atoms with Crippen LogP contribution in [0.1, 0.15) is 27.3 Å². The smallest absolute Gasteiger partial charge is 0.248 e. The molecule has 0 saturated heterocycles. The first-order valence-corrected chi connectivity index (χ1v) is 6.06. The molecule has 0 aliphatic heterocycles. The zero-order valence-electron chi connectivity index (χ0n) is 11.3. The lowest BCUT2D eigenvalue weighted by Crippen LogP contribution is -2.10. The Balaban J connectivity index is 2.35. The minimum Gasteiger partial charge on any atom is -0.366 e.